The van der Waals surface area contributed by atoms with Gasteiger partial charge in [-0.3, -0.25) is 14.4 Å². The third-order valence-electron chi connectivity index (χ3n) is 4.94. The number of aromatic amines is 1. The van der Waals surface area contributed by atoms with Crippen LogP contribution in [-0.4, -0.2) is 62.9 Å². The summed E-state index contributed by atoms with van der Waals surface area (Å²) in [6.45, 7) is 3.53. The number of H-pyrrole nitrogens is 1. The molecule has 0 spiro atoms. The molecule has 0 radical (unpaired) electrons. The van der Waals surface area contributed by atoms with Crippen LogP contribution in [0.25, 0.3) is 11.0 Å². The van der Waals surface area contributed by atoms with Crippen molar-refractivity contribution in [2.45, 2.75) is 19.8 Å². The summed E-state index contributed by atoms with van der Waals surface area (Å²) < 4.78 is 5.11. The van der Waals surface area contributed by atoms with Gasteiger partial charge in [-0.15, -0.1) is 0 Å². The van der Waals surface area contributed by atoms with Crippen molar-refractivity contribution in [1.82, 2.24) is 24.9 Å². The van der Waals surface area contributed by atoms with E-state index in [-0.39, 0.29) is 18.0 Å². The zero-order chi connectivity index (χ0) is 20.4. The Kier molecular flexibility index (Phi) is 5.11. The number of carbonyl (C=O) groups is 2. The van der Waals surface area contributed by atoms with Gasteiger partial charge in [-0.1, -0.05) is 17.3 Å². The molecule has 1 saturated heterocycles. The molecule has 1 aliphatic heterocycles. The molecule has 0 atom stereocenters. The summed E-state index contributed by atoms with van der Waals surface area (Å²) in [6.07, 6.45) is 0.763. The minimum Gasteiger partial charge on any atom is -0.361 e. The molecule has 3 heterocycles. The fraction of sp³-hybridized carbons (Fsp3) is 0.350. The van der Waals surface area contributed by atoms with E-state index < -0.39 is 11.5 Å². The SMILES string of the molecule is Cc1cc(CC(=O)N2CCCN(C(=O)c3nc4ccccc4[nH]c3=O)CC2)on1. The van der Waals surface area contributed by atoms with Gasteiger partial charge in [-0.05, 0) is 25.5 Å². The fourth-order valence-corrected chi connectivity index (χ4v) is 3.45. The first kappa shape index (κ1) is 18.9. The van der Waals surface area contributed by atoms with E-state index in [0.29, 0.717) is 49.4 Å². The van der Waals surface area contributed by atoms with Gasteiger partial charge in [0.1, 0.15) is 5.76 Å². The van der Waals surface area contributed by atoms with Crippen LogP contribution in [0.5, 0.6) is 0 Å². The molecule has 2 aromatic heterocycles. The number of amides is 2. The highest BCUT2D eigenvalue weighted by atomic mass is 16.5. The van der Waals surface area contributed by atoms with Crippen molar-refractivity contribution >= 4 is 22.8 Å². The number of aryl methyl sites for hydroxylation is 1. The fourth-order valence-electron chi connectivity index (χ4n) is 3.45. The van der Waals surface area contributed by atoms with E-state index in [1.807, 2.05) is 0 Å². The Bertz CT molecular complexity index is 1120. The van der Waals surface area contributed by atoms with Gasteiger partial charge in [-0.25, -0.2) is 4.98 Å². The quantitative estimate of drug-likeness (QED) is 0.712. The number of nitrogens with one attached hydrogen (secondary N) is 1. The summed E-state index contributed by atoms with van der Waals surface area (Å²) in [7, 11) is 0. The number of fused-ring (bicyclic) bond motifs is 1. The molecule has 1 aromatic carbocycles. The van der Waals surface area contributed by atoms with Gasteiger partial charge >= 0.3 is 0 Å². The van der Waals surface area contributed by atoms with E-state index in [4.69, 9.17) is 4.52 Å². The maximum atomic E-state index is 12.9. The molecule has 4 rings (SSSR count). The first-order chi connectivity index (χ1) is 14.0. The predicted molar refractivity (Wildman–Crippen MR) is 104 cm³/mol. The first-order valence-electron chi connectivity index (χ1n) is 9.49. The average molecular weight is 395 g/mol. The Balaban J connectivity index is 1.45. The summed E-state index contributed by atoms with van der Waals surface area (Å²) in [4.78, 5) is 48.0. The van der Waals surface area contributed by atoms with Gasteiger partial charge in [0.05, 0.1) is 23.1 Å². The maximum absolute atomic E-state index is 12.9. The smallest absolute Gasteiger partial charge is 0.280 e. The van der Waals surface area contributed by atoms with Crippen LogP contribution in [0.15, 0.2) is 39.6 Å². The topological polar surface area (TPSA) is 112 Å². The highest BCUT2D eigenvalue weighted by Gasteiger charge is 2.26. The lowest BCUT2D eigenvalue weighted by Gasteiger charge is -2.21. The largest absolute Gasteiger partial charge is 0.361 e. The van der Waals surface area contributed by atoms with E-state index >= 15 is 0 Å². The number of aromatic nitrogens is 3. The minimum atomic E-state index is -0.508. The third kappa shape index (κ3) is 4.03. The predicted octanol–water partition coefficient (Wildman–Crippen LogP) is 1.14. The van der Waals surface area contributed by atoms with Crippen molar-refractivity contribution in [3.05, 3.63) is 57.8 Å². The molecule has 0 unspecified atom stereocenters. The van der Waals surface area contributed by atoms with Crippen LogP contribution < -0.4 is 5.56 Å². The Morgan fingerprint density at radius 3 is 2.69 bits per heavy atom. The molecule has 1 aliphatic rings. The number of hydrogen-bond donors (Lipinski definition) is 1. The molecule has 1 fully saturated rings. The van der Waals surface area contributed by atoms with E-state index in [1.165, 1.54) is 0 Å². The highest BCUT2D eigenvalue weighted by Crippen LogP contribution is 2.11. The van der Waals surface area contributed by atoms with Crippen molar-refractivity contribution in [3.8, 4) is 0 Å². The van der Waals surface area contributed by atoms with E-state index in [9.17, 15) is 14.4 Å². The van der Waals surface area contributed by atoms with Crippen LogP contribution in [-0.2, 0) is 11.2 Å². The maximum Gasteiger partial charge on any atom is 0.280 e. The van der Waals surface area contributed by atoms with Crippen LogP contribution in [0.1, 0.15) is 28.4 Å². The van der Waals surface area contributed by atoms with E-state index in [1.54, 1.807) is 47.1 Å². The zero-order valence-corrected chi connectivity index (χ0v) is 16.1. The second-order valence-corrected chi connectivity index (χ2v) is 7.07. The van der Waals surface area contributed by atoms with Crippen molar-refractivity contribution in [3.63, 3.8) is 0 Å². The van der Waals surface area contributed by atoms with Gasteiger partial charge in [-0.2, -0.15) is 0 Å². The molecular formula is C20H21N5O4. The number of nitrogens with zero attached hydrogens (tertiary/aromatic N) is 4. The molecule has 1 N–H and O–H groups in total. The number of para-hydroxylation sites is 2. The lowest BCUT2D eigenvalue weighted by atomic mass is 10.2. The Morgan fingerprint density at radius 1 is 1.14 bits per heavy atom. The first-order valence-corrected chi connectivity index (χ1v) is 9.49. The highest BCUT2D eigenvalue weighted by molar-refractivity contribution is 5.93. The average Bonchev–Trinajstić information content (AvgIpc) is 2.97. The Morgan fingerprint density at radius 2 is 1.90 bits per heavy atom. The van der Waals surface area contributed by atoms with Gasteiger partial charge < -0.3 is 19.3 Å². The number of benzene rings is 1. The summed E-state index contributed by atoms with van der Waals surface area (Å²) in [5, 5.41) is 3.79. The van der Waals surface area contributed by atoms with Crippen LogP contribution in [0, 0.1) is 6.92 Å². The van der Waals surface area contributed by atoms with Gasteiger partial charge in [0.2, 0.25) is 5.91 Å². The van der Waals surface area contributed by atoms with Crippen LogP contribution in [0.2, 0.25) is 0 Å². The van der Waals surface area contributed by atoms with Crippen molar-refractivity contribution in [1.29, 1.82) is 0 Å². The van der Waals surface area contributed by atoms with Crippen LogP contribution in [0.4, 0.5) is 0 Å². The normalized spacial score (nSPS) is 14.8. The Hall–Kier alpha value is -3.49. The molecule has 9 heteroatoms. The second-order valence-electron chi connectivity index (χ2n) is 7.07. The summed E-state index contributed by atoms with van der Waals surface area (Å²) in [5.41, 5.74) is 1.24. The molecule has 2 amide bonds. The van der Waals surface area contributed by atoms with Gasteiger partial charge in [0, 0.05) is 32.2 Å². The van der Waals surface area contributed by atoms with Crippen molar-refractivity contribution in [2.75, 3.05) is 26.2 Å². The molecule has 150 valence electrons. The lowest BCUT2D eigenvalue weighted by Crippen LogP contribution is -2.39. The number of rotatable bonds is 3. The molecule has 9 nitrogen and oxygen atoms in total. The second kappa shape index (κ2) is 7.86. The van der Waals surface area contributed by atoms with E-state index in [0.717, 1.165) is 5.69 Å². The monoisotopic (exact) mass is 395 g/mol. The third-order valence-corrected chi connectivity index (χ3v) is 4.94. The molecule has 0 aliphatic carbocycles. The zero-order valence-electron chi connectivity index (χ0n) is 16.1. The van der Waals surface area contributed by atoms with Crippen LogP contribution >= 0.6 is 0 Å². The minimum absolute atomic E-state index is 0.0721. The molecular weight excluding hydrogens is 374 g/mol. The summed E-state index contributed by atoms with van der Waals surface area (Å²) in [6, 6.07) is 8.82. The standard InChI is InChI=1S/C20H21N5O4/c1-13-11-14(29-23-13)12-17(26)24-7-4-8-25(10-9-24)20(28)18-19(27)22-16-6-3-2-5-15(16)21-18/h2-3,5-6,11H,4,7-10,12H2,1H3,(H,22,27). The van der Waals surface area contributed by atoms with Crippen molar-refractivity contribution < 1.29 is 14.1 Å². The Labute approximate surface area is 166 Å². The molecule has 29 heavy (non-hydrogen) atoms. The van der Waals surface area contributed by atoms with Crippen LogP contribution in [0.3, 0.4) is 0 Å². The van der Waals surface area contributed by atoms with E-state index in [2.05, 4.69) is 15.1 Å². The summed E-state index contributed by atoms with van der Waals surface area (Å²) >= 11 is 0. The number of carbonyl (C=O) groups excluding carboxylic acids is 2. The van der Waals surface area contributed by atoms with Crippen molar-refractivity contribution in [2.24, 2.45) is 0 Å². The summed E-state index contributed by atoms with van der Waals surface area (Å²) in [5.74, 6) is 0.0332. The van der Waals surface area contributed by atoms with Gasteiger partial charge in [0.15, 0.2) is 5.69 Å². The molecule has 0 bridgehead atoms. The molecule has 0 saturated carbocycles. The lowest BCUT2D eigenvalue weighted by molar-refractivity contribution is -0.130. The van der Waals surface area contributed by atoms with Gasteiger partial charge in [0.25, 0.3) is 11.5 Å². The number of hydrogen-bond acceptors (Lipinski definition) is 6. The molecule has 3 aromatic rings.